The maximum Gasteiger partial charge on any atom is 0.188 e. The van der Waals surface area contributed by atoms with Gasteiger partial charge in [0.2, 0.25) is 0 Å². The van der Waals surface area contributed by atoms with Crippen molar-refractivity contribution in [2.24, 2.45) is 16.6 Å². The third-order valence-corrected chi connectivity index (χ3v) is 4.10. The second kappa shape index (κ2) is 6.98. The van der Waals surface area contributed by atoms with E-state index in [1.807, 2.05) is 0 Å². The molecular formula is C14H27N3O. The molecule has 0 aromatic rings. The number of methoxy groups -OCH3 is 1. The van der Waals surface area contributed by atoms with E-state index in [0.29, 0.717) is 24.5 Å². The number of nitrogens with zero attached hydrogens (tertiary/aromatic N) is 1. The summed E-state index contributed by atoms with van der Waals surface area (Å²) < 4.78 is 5.44. The van der Waals surface area contributed by atoms with E-state index < -0.39 is 0 Å². The molecule has 2 aliphatic carbocycles. The number of guanidine groups is 1. The molecule has 0 radical (unpaired) electrons. The van der Waals surface area contributed by atoms with E-state index in [1.54, 1.807) is 7.11 Å². The van der Waals surface area contributed by atoms with Crippen LogP contribution in [0.4, 0.5) is 0 Å². The molecule has 0 saturated heterocycles. The highest BCUT2D eigenvalue weighted by molar-refractivity contribution is 5.78. The van der Waals surface area contributed by atoms with Crippen molar-refractivity contribution in [2.45, 2.75) is 63.5 Å². The van der Waals surface area contributed by atoms with E-state index in [2.05, 4.69) is 10.3 Å². The van der Waals surface area contributed by atoms with Gasteiger partial charge in [-0.1, -0.05) is 25.7 Å². The fourth-order valence-corrected chi connectivity index (χ4v) is 2.75. The lowest BCUT2D eigenvalue weighted by Gasteiger charge is -2.17. The number of nitrogens with one attached hydrogen (secondary N) is 1. The maximum atomic E-state index is 5.96. The predicted molar refractivity (Wildman–Crippen MR) is 74.6 cm³/mol. The van der Waals surface area contributed by atoms with E-state index in [-0.39, 0.29) is 6.10 Å². The summed E-state index contributed by atoms with van der Waals surface area (Å²) >= 11 is 0. The van der Waals surface area contributed by atoms with E-state index in [0.717, 1.165) is 0 Å². The number of rotatable bonds is 5. The lowest BCUT2D eigenvalue weighted by molar-refractivity contribution is 0.0918. The zero-order chi connectivity index (χ0) is 12.8. The molecule has 104 valence electrons. The van der Waals surface area contributed by atoms with Crippen molar-refractivity contribution in [3.8, 4) is 0 Å². The molecule has 1 unspecified atom stereocenters. The van der Waals surface area contributed by atoms with Crippen LogP contribution in [0.2, 0.25) is 0 Å². The first kappa shape index (κ1) is 13.7. The minimum absolute atomic E-state index is 0.263. The third-order valence-electron chi connectivity index (χ3n) is 4.10. The van der Waals surface area contributed by atoms with E-state index >= 15 is 0 Å². The first-order valence-corrected chi connectivity index (χ1v) is 7.39. The van der Waals surface area contributed by atoms with Crippen LogP contribution in [0, 0.1) is 5.92 Å². The zero-order valence-electron chi connectivity index (χ0n) is 11.5. The molecule has 0 aromatic heterocycles. The molecule has 0 aliphatic heterocycles. The fraction of sp³-hybridized carbons (Fsp3) is 0.929. The Bertz CT molecular complexity index is 268. The Hall–Kier alpha value is -0.770. The maximum absolute atomic E-state index is 5.96. The average molecular weight is 253 g/mol. The van der Waals surface area contributed by atoms with Gasteiger partial charge in [-0.05, 0) is 31.6 Å². The SMILES string of the molecule is COC(CN=C(N)NC1CCCCCC1)C1CC1. The largest absolute Gasteiger partial charge is 0.379 e. The molecule has 0 heterocycles. The van der Waals surface area contributed by atoms with Gasteiger partial charge in [0.1, 0.15) is 0 Å². The first-order valence-electron chi connectivity index (χ1n) is 7.39. The Morgan fingerprint density at radius 1 is 1.22 bits per heavy atom. The summed E-state index contributed by atoms with van der Waals surface area (Å²) in [6.07, 6.45) is 10.6. The van der Waals surface area contributed by atoms with Crippen LogP contribution in [-0.4, -0.2) is 31.8 Å². The van der Waals surface area contributed by atoms with Gasteiger partial charge >= 0.3 is 0 Å². The first-order chi connectivity index (χ1) is 8.79. The molecule has 2 aliphatic rings. The molecule has 2 fully saturated rings. The molecule has 0 amide bonds. The molecular weight excluding hydrogens is 226 g/mol. The molecule has 0 spiro atoms. The lowest BCUT2D eigenvalue weighted by atomic mass is 10.1. The number of aliphatic imine (C=N–C) groups is 1. The molecule has 0 bridgehead atoms. The number of hydrogen-bond acceptors (Lipinski definition) is 2. The van der Waals surface area contributed by atoms with Crippen LogP contribution in [0.1, 0.15) is 51.4 Å². The number of hydrogen-bond donors (Lipinski definition) is 2. The van der Waals surface area contributed by atoms with E-state index in [9.17, 15) is 0 Å². The minimum atomic E-state index is 0.263. The van der Waals surface area contributed by atoms with Crippen molar-refractivity contribution < 1.29 is 4.74 Å². The minimum Gasteiger partial charge on any atom is -0.379 e. The summed E-state index contributed by atoms with van der Waals surface area (Å²) in [6.45, 7) is 0.701. The highest BCUT2D eigenvalue weighted by Crippen LogP contribution is 2.34. The molecule has 0 aromatic carbocycles. The summed E-state index contributed by atoms with van der Waals surface area (Å²) in [7, 11) is 1.77. The van der Waals surface area contributed by atoms with Gasteiger partial charge in [0, 0.05) is 13.2 Å². The van der Waals surface area contributed by atoms with E-state index in [1.165, 1.54) is 51.4 Å². The van der Waals surface area contributed by atoms with Gasteiger partial charge in [-0.3, -0.25) is 4.99 Å². The molecule has 18 heavy (non-hydrogen) atoms. The van der Waals surface area contributed by atoms with Gasteiger partial charge in [0.05, 0.1) is 12.6 Å². The third kappa shape index (κ3) is 4.48. The summed E-state index contributed by atoms with van der Waals surface area (Å²) in [5.41, 5.74) is 5.96. The standard InChI is InChI=1S/C14H27N3O/c1-18-13(11-8-9-11)10-16-14(15)17-12-6-4-2-3-5-7-12/h11-13H,2-10H2,1H3,(H3,15,16,17). The van der Waals surface area contributed by atoms with Gasteiger partial charge in [-0.15, -0.1) is 0 Å². The van der Waals surface area contributed by atoms with Gasteiger partial charge in [-0.2, -0.15) is 0 Å². The molecule has 2 saturated carbocycles. The van der Waals surface area contributed by atoms with Crippen LogP contribution in [0.3, 0.4) is 0 Å². The summed E-state index contributed by atoms with van der Waals surface area (Å²) in [4.78, 5) is 4.44. The van der Waals surface area contributed by atoms with Crippen molar-refractivity contribution in [1.82, 2.24) is 5.32 Å². The Labute approximate surface area is 110 Å². The second-order valence-electron chi connectivity index (χ2n) is 5.67. The fourth-order valence-electron chi connectivity index (χ4n) is 2.75. The van der Waals surface area contributed by atoms with Gasteiger partial charge < -0.3 is 15.8 Å². The topological polar surface area (TPSA) is 59.6 Å². The molecule has 4 heteroatoms. The van der Waals surface area contributed by atoms with E-state index in [4.69, 9.17) is 10.5 Å². The Kier molecular flexibility index (Phi) is 5.29. The second-order valence-corrected chi connectivity index (χ2v) is 5.67. The van der Waals surface area contributed by atoms with Crippen molar-refractivity contribution in [2.75, 3.05) is 13.7 Å². The molecule has 1 atom stereocenters. The van der Waals surface area contributed by atoms with Crippen molar-refractivity contribution in [3.05, 3.63) is 0 Å². The Morgan fingerprint density at radius 2 is 1.89 bits per heavy atom. The quantitative estimate of drug-likeness (QED) is 0.448. The molecule has 4 nitrogen and oxygen atoms in total. The summed E-state index contributed by atoms with van der Waals surface area (Å²) in [5, 5.41) is 3.37. The van der Waals surface area contributed by atoms with Crippen LogP contribution in [0.5, 0.6) is 0 Å². The highest BCUT2D eigenvalue weighted by atomic mass is 16.5. The average Bonchev–Trinajstić information content (AvgIpc) is 3.17. The summed E-state index contributed by atoms with van der Waals surface area (Å²) in [5.74, 6) is 1.31. The molecule has 3 N–H and O–H groups in total. The van der Waals surface area contributed by atoms with Crippen LogP contribution in [0.15, 0.2) is 4.99 Å². The van der Waals surface area contributed by atoms with Crippen LogP contribution < -0.4 is 11.1 Å². The van der Waals surface area contributed by atoms with Gasteiger partial charge in [0.25, 0.3) is 0 Å². The molecule has 2 rings (SSSR count). The number of nitrogens with two attached hydrogens (primary N) is 1. The van der Waals surface area contributed by atoms with Crippen LogP contribution in [-0.2, 0) is 4.74 Å². The monoisotopic (exact) mass is 253 g/mol. The smallest absolute Gasteiger partial charge is 0.188 e. The van der Waals surface area contributed by atoms with Gasteiger partial charge in [0.15, 0.2) is 5.96 Å². The Morgan fingerprint density at radius 3 is 2.44 bits per heavy atom. The highest BCUT2D eigenvalue weighted by Gasteiger charge is 2.31. The van der Waals surface area contributed by atoms with Crippen molar-refractivity contribution in [3.63, 3.8) is 0 Å². The van der Waals surface area contributed by atoms with Crippen molar-refractivity contribution in [1.29, 1.82) is 0 Å². The van der Waals surface area contributed by atoms with Gasteiger partial charge in [-0.25, -0.2) is 0 Å². The predicted octanol–water partition coefficient (Wildman–Crippen LogP) is 2.04. The normalized spacial score (nSPS) is 24.6. The van der Waals surface area contributed by atoms with Crippen LogP contribution >= 0.6 is 0 Å². The summed E-state index contributed by atoms with van der Waals surface area (Å²) in [6, 6.07) is 0.526. The van der Waals surface area contributed by atoms with Crippen molar-refractivity contribution >= 4 is 5.96 Å². The number of ether oxygens (including phenoxy) is 1. The lowest BCUT2D eigenvalue weighted by Crippen LogP contribution is -2.40. The van der Waals surface area contributed by atoms with Crippen LogP contribution in [0.25, 0.3) is 0 Å². The Balaban J connectivity index is 1.73. The zero-order valence-corrected chi connectivity index (χ0v) is 11.5.